The Balaban J connectivity index is 1.70. The molecule has 1 heteroatoms. The van der Waals surface area contributed by atoms with Crippen LogP contribution in [0.3, 0.4) is 0 Å². The third kappa shape index (κ3) is 1.97. The molecule has 1 saturated carbocycles. The second-order valence-corrected chi connectivity index (χ2v) is 7.69. The van der Waals surface area contributed by atoms with Gasteiger partial charge in [0.05, 0.1) is 0 Å². The van der Waals surface area contributed by atoms with Crippen molar-refractivity contribution in [3.05, 3.63) is 36.5 Å². The van der Waals surface area contributed by atoms with E-state index in [0.29, 0.717) is 7.92 Å². The first-order chi connectivity index (χ1) is 7.47. The highest BCUT2D eigenvalue weighted by Crippen LogP contribution is 2.72. The minimum atomic E-state index is 0.319. The molecule has 0 spiro atoms. The van der Waals surface area contributed by atoms with Gasteiger partial charge in [-0.3, -0.25) is 0 Å². The van der Waals surface area contributed by atoms with Gasteiger partial charge in [0.1, 0.15) is 0 Å². The molecule has 1 saturated heterocycles. The first-order valence-electron chi connectivity index (χ1n) is 6.26. The van der Waals surface area contributed by atoms with Crippen molar-refractivity contribution in [3.8, 4) is 0 Å². The summed E-state index contributed by atoms with van der Waals surface area (Å²) in [4.78, 5) is 0. The van der Waals surface area contributed by atoms with E-state index in [4.69, 9.17) is 0 Å². The summed E-state index contributed by atoms with van der Waals surface area (Å²) >= 11 is 0. The van der Waals surface area contributed by atoms with Crippen molar-refractivity contribution in [1.82, 2.24) is 0 Å². The molecule has 0 aromatic heterocycles. The number of hydrogen-bond donors (Lipinski definition) is 0. The lowest BCUT2D eigenvalue weighted by Crippen LogP contribution is -2.07. The van der Waals surface area contributed by atoms with Gasteiger partial charge in [0.2, 0.25) is 0 Å². The second-order valence-electron chi connectivity index (χ2n) is 4.87. The zero-order valence-electron chi connectivity index (χ0n) is 9.18. The van der Waals surface area contributed by atoms with Crippen LogP contribution in [0.5, 0.6) is 0 Å². The van der Waals surface area contributed by atoms with Gasteiger partial charge in [-0.25, -0.2) is 0 Å². The SMILES string of the molecule is C1=C\C=C/C2C(\C=C/1)P2C1CCCCC1. The van der Waals surface area contributed by atoms with E-state index in [2.05, 4.69) is 36.5 Å². The highest BCUT2D eigenvalue weighted by Gasteiger charge is 2.49. The van der Waals surface area contributed by atoms with Crippen molar-refractivity contribution < 1.29 is 0 Å². The topological polar surface area (TPSA) is 0 Å². The van der Waals surface area contributed by atoms with E-state index in [1.807, 2.05) is 0 Å². The molecule has 0 amide bonds. The van der Waals surface area contributed by atoms with Crippen LogP contribution in [0, 0.1) is 0 Å². The molecule has 80 valence electrons. The third-order valence-electron chi connectivity index (χ3n) is 3.89. The predicted octanol–water partition coefficient (Wildman–Crippen LogP) is 4.23. The van der Waals surface area contributed by atoms with Crippen molar-refractivity contribution >= 4 is 7.92 Å². The molecule has 15 heavy (non-hydrogen) atoms. The van der Waals surface area contributed by atoms with Gasteiger partial charge in [0, 0.05) is 11.3 Å². The summed E-state index contributed by atoms with van der Waals surface area (Å²) in [5.41, 5.74) is 2.96. The lowest BCUT2D eigenvalue weighted by atomic mass is 10.0. The van der Waals surface area contributed by atoms with Gasteiger partial charge in [0.15, 0.2) is 0 Å². The summed E-state index contributed by atoms with van der Waals surface area (Å²) < 4.78 is 0. The van der Waals surface area contributed by atoms with Crippen LogP contribution in [-0.2, 0) is 0 Å². The molecular weight excluding hydrogens is 199 g/mol. The summed E-state index contributed by atoms with van der Waals surface area (Å²) in [7, 11) is 0.319. The van der Waals surface area contributed by atoms with Crippen molar-refractivity contribution in [2.24, 2.45) is 0 Å². The van der Waals surface area contributed by atoms with Crippen LogP contribution in [0.4, 0.5) is 0 Å². The summed E-state index contributed by atoms with van der Waals surface area (Å²) in [5.74, 6) is 0. The van der Waals surface area contributed by atoms with Gasteiger partial charge < -0.3 is 0 Å². The van der Waals surface area contributed by atoms with Crippen LogP contribution in [0.2, 0.25) is 0 Å². The van der Waals surface area contributed by atoms with Gasteiger partial charge in [-0.15, -0.1) is 0 Å². The summed E-state index contributed by atoms with van der Waals surface area (Å²) in [5, 5.41) is 0. The Hall–Kier alpha value is -0.350. The predicted molar refractivity (Wildman–Crippen MR) is 68.8 cm³/mol. The highest BCUT2D eigenvalue weighted by molar-refractivity contribution is 7.68. The van der Waals surface area contributed by atoms with Crippen molar-refractivity contribution in [2.75, 3.05) is 0 Å². The number of rotatable bonds is 1. The molecule has 0 bridgehead atoms. The van der Waals surface area contributed by atoms with E-state index < -0.39 is 0 Å². The Morgan fingerprint density at radius 2 is 1.33 bits per heavy atom. The quantitative estimate of drug-likeness (QED) is 0.578. The maximum Gasteiger partial charge on any atom is 0.00843 e. The van der Waals surface area contributed by atoms with E-state index in [1.165, 1.54) is 32.1 Å². The summed E-state index contributed by atoms with van der Waals surface area (Å²) in [6, 6.07) is 0. The molecule has 1 heterocycles. The molecule has 0 aromatic rings. The Morgan fingerprint density at radius 3 is 1.93 bits per heavy atom. The molecule has 0 aromatic carbocycles. The van der Waals surface area contributed by atoms with Crippen LogP contribution in [0.25, 0.3) is 0 Å². The smallest absolute Gasteiger partial charge is 0.00843 e. The second kappa shape index (κ2) is 4.26. The number of allylic oxidation sites excluding steroid dienone is 6. The average molecular weight is 218 g/mol. The van der Waals surface area contributed by atoms with Crippen LogP contribution < -0.4 is 0 Å². The normalized spacial score (nSPS) is 46.0. The van der Waals surface area contributed by atoms with Gasteiger partial charge in [-0.05, 0) is 18.5 Å². The van der Waals surface area contributed by atoms with Crippen molar-refractivity contribution in [3.63, 3.8) is 0 Å². The standard InChI is InChI=1S/C14H19P/c1-2-7-11-14-13(10-6-1)15(14)12-8-4-3-5-9-12/h1-2,6-7,10-14H,3-5,8-9H2/b2-1-,10-6-,11-7-. The Labute approximate surface area is 93.9 Å². The Morgan fingerprint density at radius 1 is 0.733 bits per heavy atom. The van der Waals surface area contributed by atoms with E-state index in [0.717, 1.165) is 17.0 Å². The number of fused-ring (bicyclic) bond motifs is 1. The van der Waals surface area contributed by atoms with Gasteiger partial charge in [0.25, 0.3) is 0 Å². The maximum atomic E-state index is 2.46. The molecule has 0 nitrogen and oxygen atoms in total. The fraction of sp³-hybridized carbons (Fsp3) is 0.571. The van der Waals surface area contributed by atoms with Crippen LogP contribution in [0.15, 0.2) is 36.5 Å². The fourth-order valence-corrected chi connectivity index (χ4v) is 6.60. The van der Waals surface area contributed by atoms with Crippen LogP contribution >= 0.6 is 7.92 Å². The first kappa shape index (κ1) is 9.85. The molecule has 2 unspecified atom stereocenters. The average Bonchev–Trinajstić information content (AvgIpc) is 2.91. The molecule has 2 aliphatic carbocycles. The van der Waals surface area contributed by atoms with Crippen LogP contribution in [0.1, 0.15) is 32.1 Å². The first-order valence-corrected chi connectivity index (χ1v) is 7.81. The van der Waals surface area contributed by atoms with Gasteiger partial charge in [-0.2, -0.15) is 0 Å². The molecule has 1 aliphatic heterocycles. The maximum absolute atomic E-state index is 2.46. The van der Waals surface area contributed by atoms with Gasteiger partial charge >= 0.3 is 0 Å². The Kier molecular flexibility index (Phi) is 2.79. The molecule has 2 fully saturated rings. The van der Waals surface area contributed by atoms with E-state index >= 15 is 0 Å². The molecule has 2 atom stereocenters. The highest BCUT2D eigenvalue weighted by atomic mass is 31.1. The minimum absolute atomic E-state index is 0.319. The Bertz CT molecular complexity index is 285. The molecule has 3 rings (SSSR count). The van der Waals surface area contributed by atoms with Crippen LogP contribution in [-0.4, -0.2) is 17.0 Å². The van der Waals surface area contributed by atoms with Gasteiger partial charge in [-0.1, -0.05) is 63.6 Å². The monoisotopic (exact) mass is 218 g/mol. The summed E-state index contributed by atoms with van der Waals surface area (Å²) in [6.45, 7) is 0. The zero-order valence-corrected chi connectivity index (χ0v) is 10.1. The van der Waals surface area contributed by atoms with Crippen molar-refractivity contribution in [2.45, 2.75) is 49.1 Å². The van der Waals surface area contributed by atoms with E-state index in [-0.39, 0.29) is 0 Å². The lowest BCUT2D eigenvalue weighted by molar-refractivity contribution is 0.513. The van der Waals surface area contributed by atoms with E-state index in [1.54, 1.807) is 0 Å². The number of hydrogen-bond acceptors (Lipinski definition) is 0. The molecule has 0 radical (unpaired) electrons. The lowest BCUT2D eigenvalue weighted by Gasteiger charge is -2.21. The summed E-state index contributed by atoms with van der Waals surface area (Å²) in [6.07, 6.45) is 21.3. The molecule has 3 aliphatic rings. The van der Waals surface area contributed by atoms with Crippen molar-refractivity contribution in [1.29, 1.82) is 0 Å². The largest absolute Gasteiger partial charge is 0.0874 e. The third-order valence-corrected chi connectivity index (χ3v) is 7.27. The zero-order chi connectivity index (χ0) is 10.1. The van der Waals surface area contributed by atoms with E-state index in [9.17, 15) is 0 Å². The minimum Gasteiger partial charge on any atom is -0.0874 e. The molecular formula is C14H19P. The fourth-order valence-electron chi connectivity index (χ4n) is 3.06. The molecule has 0 N–H and O–H groups in total.